The molecule has 1 amide bonds. The van der Waals surface area contributed by atoms with Crippen LogP contribution in [0.3, 0.4) is 0 Å². The highest BCUT2D eigenvalue weighted by Crippen LogP contribution is 2.12. The molecule has 0 aliphatic rings. The fourth-order valence-electron chi connectivity index (χ4n) is 1.20. The monoisotopic (exact) mass is 236 g/mol. The predicted octanol–water partition coefficient (Wildman–Crippen LogP) is 1.28. The molecule has 0 aliphatic heterocycles. The molecule has 0 radical (unpaired) electrons. The van der Waals surface area contributed by atoms with Gasteiger partial charge >= 0.3 is 0 Å². The lowest BCUT2D eigenvalue weighted by atomic mass is 10.3. The molecule has 1 heterocycles. The number of nitrogens with zero attached hydrogens (tertiary/aromatic N) is 3. The van der Waals surface area contributed by atoms with Crippen molar-refractivity contribution in [3.63, 3.8) is 0 Å². The molecule has 5 nitrogen and oxygen atoms in total. The molecule has 0 saturated carbocycles. The molecule has 82 valence electrons. The standard InChI is InChI=1S/C10H9ClN4O/c1-12-10(16)9-13-6-15(14-9)8-4-2-7(11)3-5-8/h2-6H,1H3,(H,12,16). The molecule has 2 aromatic rings. The van der Waals surface area contributed by atoms with Crippen molar-refractivity contribution in [3.8, 4) is 5.69 Å². The first-order chi connectivity index (χ1) is 7.70. The first kappa shape index (κ1) is 10.6. The van der Waals surface area contributed by atoms with Crippen LogP contribution in [0.15, 0.2) is 30.6 Å². The number of amides is 1. The third-order valence-corrected chi connectivity index (χ3v) is 2.27. The highest BCUT2D eigenvalue weighted by atomic mass is 35.5. The average molecular weight is 237 g/mol. The first-order valence-electron chi connectivity index (χ1n) is 4.60. The van der Waals surface area contributed by atoms with Crippen molar-refractivity contribution in [2.45, 2.75) is 0 Å². The molecule has 16 heavy (non-hydrogen) atoms. The average Bonchev–Trinajstić information content (AvgIpc) is 2.78. The van der Waals surface area contributed by atoms with Crippen molar-refractivity contribution in [2.75, 3.05) is 7.05 Å². The van der Waals surface area contributed by atoms with E-state index < -0.39 is 0 Å². The van der Waals surface area contributed by atoms with E-state index in [0.717, 1.165) is 5.69 Å². The van der Waals surface area contributed by atoms with Crippen LogP contribution in [0.1, 0.15) is 10.6 Å². The van der Waals surface area contributed by atoms with E-state index in [2.05, 4.69) is 15.4 Å². The van der Waals surface area contributed by atoms with Crippen molar-refractivity contribution >= 4 is 17.5 Å². The number of nitrogens with one attached hydrogen (secondary N) is 1. The van der Waals surface area contributed by atoms with E-state index in [-0.39, 0.29) is 11.7 Å². The summed E-state index contributed by atoms with van der Waals surface area (Å²) in [5.41, 5.74) is 0.798. The van der Waals surface area contributed by atoms with Crippen molar-refractivity contribution < 1.29 is 4.79 Å². The second kappa shape index (κ2) is 4.32. The third kappa shape index (κ3) is 2.04. The van der Waals surface area contributed by atoms with E-state index in [1.807, 2.05) is 0 Å². The minimum absolute atomic E-state index is 0.137. The molecule has 0 bridgehead atoms. The van der Waals surface area contributed by atoms with Crippen LogP contribution in [0.5, 0.6) is 0 Å². The number of aromatic nitrogens is 3. The van der Waals surface area contributed by atoms with Crippen LogP contribution in [-0.4, -0.2) is 27.7 Å². The second-order valence-electron chi connectivity index (χ2n) is 3.07. The lowest BCUT2D eigenvalue weighted by Gasteiger charge is -1.99. The molecule has 6 heteroatoms. The van der Waals surface area contributed by atoms with Gasteiger partial charge in [-0.05, 0) is 24.3 Å². The molecule has 0 atom stereocenters. The number of carbonyl (C=O) groups is 1. The number of hydrogen-bond donors (Lipinski definition) is 1. The smallest absolute Gasteiger partial charge is 0.290 e. The summed E-state index contributed by atoms with van der Waals surface area (Å²) in [6.45, 7) is 0. The van der Waals surface area contributed by atoms with E-state index in [4.69, 9.17) is 11.6 Å². The largest absolute Gasteiger partial charge is 0.352 e. The Hall–Kier alpha value is -1.88. The summed E-state index contributed by atoms with van der Waals surface area (Å²) in [6, 6.07) is 7.09. The van der Waals surface area contributed by atoms with Gasteiger partial charge in [0.05, 0.1) is 5.69 Å². The Kier molecular flexibility index (Phi) is 2.87. The number of benzene rings is 1. The lowest BCUT2D eigenvalue weighted by Crippen LogP contribution is -2.19. The molecule has 0 spiro atoms. The molecule has 1 aromatic heterocycles. The van der Waals surface area contributed by atoms with Gasteiger partial charge in [0, 0.05) is 12.1 Å². The minimum atomic E-state index is -0.312. The fraction of sp³-hybridized carbons (Fsp3) is 0.100. The van der Waals surface area contributed by atoms with Crippen molar-refractivity contribution in [1.82, 2.24) is 20.1 Å². The van der Waals surface area contributed by atoms with Crippen LogP contribution < -0.4 is 5.32 Å². The molecule has 0 unspecified atom stereocenters. The highest BCUT2D eigenvalue weighted by molar-refractivity contribution is 6.30. The number of rotatable bonds is 2. The van der Waals surface area contributed by atoms with E-state index in [0.29, 0.717) is 5.02 Å². The Labute approximate surface area is 97.1 Å². The van der Waals surface area contributed by atoms with Crippen LogP contribution in [0.4, 0.5) is 0 Å². The number of carbonyl (C=O) groups excluding carboxylic acids is 1. The van der Waals surface area contributed by atoms with Gasteiger partial charge in [-0.1, -0.05) is 11.6 Å². The number of halogens is 1. The summed E-state index contributed by atoms with van der Waals surface area (Å²) in [5, 5.41) is 7.14. The molecule has 0 saturated heterocycles. The summed E-state index contributed by atoms with van der Waals surface area (Å²) in [5.74, 6) is -0.176. The van der Waals surface area contributed by atoms with Crippen molar-refractivity contribution in [2.24, 2.45) is 0 Å². The molecular weight excluding hydrogens is 228 g/mol. The second-order valence-corrected chi connectivity index (χ2v) is 3.50. The summed E-state index contributed by atoms with van der Waals surface area (Å²) in [4.78, 5) is 15.1. The van der Waals surface area contributed by atoms with E-state index >= 15 is 0 Å². The Morgan fingerprint density at radius 3 is 2.69 bits per heavy atom. The summed E-state index contributed by atoms with van der Waals surface area (Å²) in [7, 11) is 1.53. The molecule has 1 aromatic carbocycles. The third-order valence-electron chi connectivity index (χ3n) is 2.01. The van der Waals surface area contributed by atoms with Crippen LogP contribution in [0.2, 0.25) is 5.02 Å². The molecule has 0 aliphatic carbocycles. The summed E-state index contributed by atoms with van der Waals surface area (Å²) < 4.78 is 1.51. The SMILES string of the molecule is CNC(=O)c1ncn(-c2ccc(Cl)cc2)n1. The Morgan fingerprint density at radius 2 is 2.06 bits per heavy atom. The van der Waals surface area contributed by atoms with Crippen LogP contribution in [0, 0.1) is 0 Å². The predicted molar refractivity (Wildman–Crippen MR) is 59.8 cm³/mol. The van der Waals surface area contributed by atoms with Gasteiger partial charge in [0.1, 0.15) is 6.33 Å². The maximum Gasteiger partial charge on any atom is 0.290 e. The molecule has 1 N–H and O–H groups in total. The summed E-state index contributed by atoms with van der Waals surface area (Å²) >= 11 is 5.77. The van der Waals surface area contributed by atoms with Gasteiger partial charge in [-0.15, -0.1) is 5.10 Å². The van der Waals surface area contributed by atoms with Crippen LogP contribution >= 0.6 is 11.6 Å². The normalized spacial score (nSPS) is 10.1. The topological polar surface area (TPSA) is 59.8 Å². The highest BCUT2D eigenvalue weighted by Gasteiger charge is 2.09. The van der Waals surface area contributed by atoms with Gasteiger partial charge in [-0.3, -0.25) is 4.79 Å². The van der Waals surface area contributed by atoms with E-state index in [1.165, 1.54) is 18.1 Å². The van der Waals surface area contributed by atoms with E-state index in [9.17, 15) is 4.79 Å². The zero-order chi connectivity index (χ0) is 11.5. The lowest BCUT2D eigenvalue weighted by molar-refractivity contribution is 0.0953. The van der Waals surface area contributed by atoms with Crippen LogP contribution in [0.25, 0.3) is 5.69 Å². The van der Waals surface area contributed by atoms with Gasteiger partial charge in [-0.2, -0.15) is 0 Å². The molecule has 2 rings (SSSR count). The summed E-state index contributed by atoms with van der Waals surface area (Å²) in [6.07, 6.45) is 1.48. The Bertz CT molecular complexity index is 506. The van der Waals surface area contributed by atoms with Gasteiger partial charge in [0.25, 0.3) is 5.91 Å². The van der Waals surface area contributed by atoms with Crippen molar-refractivity contribution in [3.05, 3.63) is 41.4 Å². The zero-order valence-corrected chi connectivity index (χ0v) is 9.27. The number of hydrogen-bond acceptors (Lipinski definition) is 3. The Balaban J connectivity index is 2.31. The molecule has 0 fully saturated rings. The quantitative estimate of drug-likeness (QED) is 0.855. The van der Waals surface area contributed by atoms with Gasteiger partial charge in [0.2, 0.25) is 5.82 Å². The van der Waals surface area contributed by atoms with E-state index in [1.54, 1.807) is 24.3 Å². The fourth-order valence-corrected chi connectivity index (χ4v) is 1.32. The Morgan fingerprint density at radius 1 is 1.38 bits per heavy atom. The first-order valence-corrected chi connectivity index (χ1v) is 4.98. The van der Waals surface area contributed by atoms with Gasteiger partial charge < -0.3 is 5.32 Å². The van der Waals surface area contributed by atoms with Gasteiger partial charge in [-0.25, -0.2) is 9.67 Å². The van der Waals surface area contributed by atoms with Crippen LogP contribution in [-0.2, 0) is 0 Å². The minimum Gasteiger partial charge on any atom is -0.352 e. The maximum atomic E-state index is 11.2. The van der Waals surface area contributed by atoms with Gasteiger partial charge in [0.15, 0.2) is 0 Å². The maximum absolute atomic E-state index is 11.2. The zero-order valence-electron chi connectivity index (χ0n) is 8.51. The molecular formula is C10H9ClN4O. The van der Waals surface area contributed by atoms with Crippen molar-refractivity contribution in [1.29, 1.82) is 0 Å².